The fourth-order valence-electron chi connectivity index (χ4n) is 2.15. The Morgan fingerprint density at radius 2 is 2.14 bits per heavy atom. The molecule has 0 aliphatic carbocycles. The lowest BCUT2D eigenvalue weighted by Gasteiger charge is -2.11. The molecule has 106 valence electrons. The Balaban J connectivity index is 2.13. The van der Waals surface area contributed by atoms with E-state index in [1.807, 2.05) is 13.0 Å². The highest BCUT2D eigenvalue weighted by atomic mass is 16.5. The highest BCUT2D eigenvalue weighted by molar-refractivity contribution is 5.91. The second kappa shape index (κ2) is 4.90. The minimum atomic E-state index is -1.04. The molecule has 0 radical (unpaired) electrons. The van der Waals surface area contributed by atoms with Crippen LogP contribution in [-0.4, -0.2) is 25.7 Å². The highest BCUT2D eigenvalue weighted by Crippen LogP contribution is 2.30. The summed E-state index contributed by atoms with van der Waals surface area (Å²) >= 11 is 0. The number of carbonyl (C=O) groups is 1. The molecule has 2 aromatic heterocycles. The molecule has 0 unspecified atom stereocenters. The Morgan fingerprint density at radius 3 is 2.90 bits per heavy atom. The van der Waals surface area contributed by atoms with E-state index in [0.717, 1.165) is 11.3 Å². The number of para-hydroxylation sites is 1. The molecule has 0 aliphatic rings. The van der Waals surface area contributed by atoms with Gasteiger partial charge in [-0.25, -0.2) is 14.3 Å². The molecule has 0 bridgehead atoms. The van der Waals surface area contributed by atoms with Gasteiger partial charge in [-0.1, -0.05) is 12.1 Å². The average Bonchev–Trinajstić information content (AvgIpc) is 2.82. The summed E-state index contributed by atoms with van der Waals surface area (Å²) in [6.07, 6.45) is 3.28. The lowest BCUT2D eigenvalue weighted by Crippen LogP contribution is -2.03. The molecule has 6 heteroatoms. The largest absolute Gasteiger partial charge is 0.478 e. The van der Waals surface area contributed by atoms with Crippen LogP contribution in [0.1, 0.15) is 21.6 Å². The summed E-state index contributed by atoms with van der Waals surface area (Å²) in [6.45, 7) is 3.66. The standard InChI is InChI=1S/C15H13N3O3/c1-9-4-3-5-11(15(19)20)13(9)21-14-12-8-10(2)17-18(12)7-6-16-14/h3-8H,1-2H3,(H,19,20). The first-order chi connectivity index (χ1) is 10.1. The molecule has 3 aromatic rings. The SMILES string of the molecule is Cc1cc2c(Oc3c(C)cccc3C(=O)O)nccn2n1. The van der Waals surface area contributed by atoms with Crippen LogP contribution in [0.4, 0.5) is 0 Å². The Morgan fingerprint density at radius 1 is 1.33 bits per heavy atom. The smallest absolute Gasteiger partial charge is 0.339 e. The van der Waals surface area contributed by atoms with Gasteiger partial charge in [0, 0.05) is 12.4 Å². The molecule has 21 heavy (non-hydrogen) atoms. The van der Waals surface area contributed by atoms with Crippen molar-refractivity contribution in [3.8, 4) is 11.6 Å². The van der Waals surface area contributed by atoms with Crippen molar-refractivity contribution < 1.29 is 14.6 Å². The zero-order chi connectivity index (χ0) is 15.0. The van der Waals surface area contributed by atoms with Crippen LogP contribution in [0.5, 0.6) is 11.6 Å². The van der Waals surface area contributed by atoms with Gasteiger partial charge in [-0.05, 0) is 31.5 Å². The normalized spacial score (nSPS) is 10.8. The predicted octanol–water partition coefficient (Wildman–Crippen LogP) is 2.84. The number of ether oxygens (including phenoxy) is 1. The first-order valence-corrected chi connectivity index (χ1v) is 6.38. The van der Waals surface area contributed by atoms with Gasteiger partial charge in [0.25, 0.3) is 0 Å². The molecule has 0 saturated heterocycles. The van der Waals surface area contributed by atoms with Gasteiger partial charge in [0.15, 0.2) is 0 Å². The van der Waals surface area contributed by atoms with Crippen LogP contribution in [-0.2, 0) is 0 Å². The Labute approximate surface area is 120 Å². The molecule has 3 rings (SSSR count). The van der Waals surface area contributed by atoms with Crippen LogP contribution in [0.3, 0.4) is 0 Å². The third-order valence-corrected chi connectivity index (χ3v) is 3.12. The number of benzene rings is 1. The van der Waals surface area contributed by atoms with Crippen LogP contribution in [0.15, 0.2) is 36.7 Å². The van der Waals surface area contributed by atoms with Crippen LogP contribution >= 0.6 is 0 Å². The van der Waals surface area contributed by atoms with E-state index in [2.05, 4.69) is 10.1 Å². The van der Waals surface area contributed by atoms with Crippen molar-refractivity contribution in [2.75, 3.05) is 0 Å². The number of aromatic carboxylic acids is 1. The molecule has 0 spiro atoms. The molecule has 1 aromatic carbocycles. The summed E-state index contributed by atoms with van der Waals surface area (Å²) in [5.74, 6) is -0.412. The first-order valence-electron chi connectivity index (χ1n) is 6.38. The molecular weight excluding hydrogens is 270 g/mol. The quantitative estimate of drug-likeness (QED) is 0.799. The number of fused-ring (bicyclic) bond motifs is 1. The van der Waals surface area contributed by atoms with Crippen molar-refractivity contribution in [2.45, 2.75) is 13.8 Å². The van der Waals surface area contributed by atoms with E-state index in [9.17, 15) is 9.90 Å². The van der Waals surface area contributed by atoms with E-state index >= 15 is 0 Å². The maximum atomic E-state index is 11.3. The van der Waals surface area contributed by atoms with Gasteiger partial charge >= 0.3 is 5.97 Å². The zero-order valence-electron chi connectivity index (χ0n) is 11.6. The molecule has 1 N–H and O–H groups in total. The Kier molecular flexibility index (Phi) is 3.06. The van der Waals surface area contributed by atoms with Gasteiger partial charge < -0.3 is 9.84 Å². The van der Waals surface area contributed by atoms with Crippen molar-refractivity contribution in [1.29, 1.82) is 0 Å². The monoisotopic (exact) mass is 283 g/mol. The minimum Gasteiger partial charge on any atom is -0.478 e. The molecule has 2 heterocycles. The third kappa shape index (κ3) is 2.31. The predicted molar refractivity (Wildman–Crippen MR) is 75.9 cm³/mol. The van der Waals surface area contributed by atoms with E-state index in [-0.39, 0.29) is 5.56 Å². The van der Waals surface area contributed by atoms with Gasteiger partial charge in [0.1, 0.15) is 16.8 Å². The van der Waals surface area contributed by atoms with E-state index in [0.29, 0.717) is 17.1 Å². The molecule has 6 nitrogen and oxygen atoms in total. The summed E-state index contributed by atoms with van der Waals surface area (Å²) in [6, 6.07) is 6.82. The number of hydrogen-bond donors (Lipinski definition) is 1. The van der Waals surface area contributed by atoms with Crippen molar-refractivity contribution in [3.05, 3.63) is 53.5 Å². The first kappa shape index (κ1) is 13.1. The highest BCUT2D eigenvalue weighted by Gasteiger charge is 2.16. The van der Waals surface area contributed by atoms with E-state index in [1.165, 1.54) is 6.07 Å². The van der Waals surface area contributed by atoms with E-state index in [1.54, 1.807) is 36.0 Å². The average molecular weight is 283 g/mol. The van der Waals surface area contributed by atoms with E-state index in [4.69, 9.17) is 4.74 Å². The lowest BCUT2D eigenvalue weighted by atomic mass is 10.1. The number of nitrogens with zero attached hydrogens (tertiary/aromatic N) is 3. The zero-order valence-corrected chi connectivity index (χ0v) is 11.6. The number of carboxylic acids is 1. The number of carboxylic acid groups (broad SMARTS) is 1. The van der Waals surface area contributed by atoms with Crippen molar-refractivity contribution >= 4 is 11.5 Å². The van der Waals surface area contributed by atoms with Crippen LogP contribution in [0.2, 0.25) is 0 Å². The number of hydrogen-bond acceptors (Lipinski definition) is 4. The summed E-state index contributed by atoms with van der Waals surface area (Å²) in [7, 11) is 0. The summed E-state index contributed by atoms with van der Waals surface area (Å²) in [5, 5.41) is 13.5. The maximum Gasteiger partial charge on any atom is 0.339 e. The number of aromatic nitrogens is 3. The lowest BCUT2D eigenvalue weighted by molar-refractivity contribution is 0.0694. The molecule has 0 atom stereocenters. The second-order valence-electron chi connectivity index (χ2n) is 4.71. The summed E-state index contributed by atoms with van der Waals surface area (Å²) < 4.78 is 7.42. The number of aryl methyl sites for hydroxylation is 2. The van der Waals surface area contributed by atoms with Crippen molar-refractivity contribution in [1.82, 2.24) is 14.6 Å². The summed E-state index contributed by atoms with van der Waals surface area (Å²) in [5.41, 5.74) is 2.36. The van der Waals surface area contributed by atoms with Gasteiger partial charge in [0.2, 0.25) is 5.88 Å². The Bertz CT molecular complexity index is 839. The van der Waals surface area contributed by atoms with Crippen molar-refractivity contribution in [3.63, 3.8) is 0 Å². The van der Waals surface area contributed by atoms with Gasteiger partial charge in [-0.15, -0.1) is 0 Å². The van der Waals surface area contributed by atoms with Gasteiger partial charge in [-0.3, -0.25) is 0 Å². The fraction of sp³-hybridized carbons (Fsp3) is 0.133. The maximum absolute atomic E-state index is 11.3. The number of rotatable bonds is 3. The minimum absolute atomic E-state index is 0.107. The summed E-state index contributed by atoms with van der Waals surface area (Å²) in [4.78, 5) is 15.5. The molecule has 0 fully saturated rings. The van der Waals surface area contributed by atoms with E-state index < -0.39 is 5.97 Å². The van der Waals surface area contributed by atoms with Gasteiger partial charge in [0.05, 0.1) is 5.69 Å². The third-order valence-electron chi connectivity index (χ3n) is 3.12. The fourth-order valence-corrected chi connectivity index (χ4v) is 2.15. The molecule has 0 amide bonds. The Hall–Kier alpha value is -2.89. The second-order valence-corrected chi connectivity index (χ2v) is 4.71. The topological polar surface area (TPSA) is 76.7 Å². The van der Waals surface area contributed by atoms with Crippen molar-refractivity contribution in [2.24, 2.45) is 0 Å². The van der Waals surface area contributed by atoms with Gasteiger partial charge in [-0.2, -0.15) is 5.10 Å². The molecule has 0 saturated carbocycles. The molecule has 0 aliphatic heterocycles. The van der Waals surface area contributed by atoms with Crippen LogP contribution in [0, 0.1) is 13.8 Å². The molecular formula is C15H13N3O3. The van der Waals surface area contributed by atoms with Crippen LogP contribution in [0.25, 0.3) is 5.52 Å². The van der Waals surface area contributed by atoms with Crippen LogP contribution < -0.4 is 4.74 Å².